The lowest BCUT2D eigenvalue weighted by Gasteiger charge is -2.32. The van der Waals surface area contributed by atoms with Crippen LogP contribution in [0.4, 0.5) is 30.7 Å². The number of hydrogen-bond acceptors (Lipinski definition) is 2. The number of hydrogen-bond donors (Lipinski definition) is 0. The van der Waals surface area contributed by atoms with Gasteiger partial charge in [0.15, 0.2) is 0 Å². The Balaban J connectivity index is 1.64. The van der Waals surface area contributed by atoms with Gasteiger partial charge in [-0.15, -0.1) is 0 Å². The molecule has 1 amide bonds. The van der Waals surface area contributed by atoms with Crippen LogP contribution >= 0.6 is 0 Å². The Labute approximate surface area is 228 Å². The van der Waals surface area contributed by atoms with Gasteiger partial charge in [0.05, 0.1) is 11.1 Å². The highest BCUT2D eigenvalue weighted by atomic mass is 19.4. The van der Waals surface area contributed by atoms with Gasteiger partial charge in [0.1, 0.15) is 5.82 Å². The molecule has 1 aliphatic heterocycles. The Hall–Kier alpha value is -3.40. The van der Waals surface area contributed by atoms with Crippen LogP contribution < -0.4 is 0 Å². The van der Waals surface area contributed by atoms with Gasteiger partial charge in [-0.25, -0.2) is 4.39 Å². The first-order chi connectivity index (χ1) is 18.7. The van der Waals surface area contributed by atoms with Gasteiger partial charge < -0.3 is 4.90 Å². The van der Waals surface area contributed by atoms with Crippen molar-refractivity contribution in [3.8, 4) is 0 Å². The van der Waals surface area contributed by atoms with Gasteiger partial charge >= 0.3 is 12.4 Å². The fourth-order valence-corrected chi connectivity index (χ4v) is 5.24. The van der Waals surface area contributed by atoms with Gasteiger partial charge in [0, 0.05) is 43.7 Å². The van der Waals surface area contributed by atoms with Crippen LogP contribution in [0.5, 0.6) is 0 Å². The second-order valence-corrected chi connectivity index (χ2v) is 10.4. The fourth-order valence-electron chi connectivity index (χ4n) is 5.24. The number of likely N-dealkylation sites (tertiary alicyclic amines) is 1. The molecule has 3 aromatic rings. The molecule has 214 valence electrons. The molecule has 1 aliphatic rings. The Morgan fingerprint density at radius 3 is 2.08 bits per heavy atom. The zero-order valence-corrected chi connectivity index (χ0v) is 21.9. The van der Waals surface area contributed by atoms with Crippen molar-refractivity contribution in [3.63, 3.8) is 0 Å². The van der Waals surface area contributed by atoms with Crippen LogP contribution in [0.15, 0.2) is 72.8 Å². The molecule has 2 atom stereocenters. The van der Waals surface area contributed by atoms with E-state index in [-0.39, 0.29) is 36.5 Å². The van der Waals surface area contributed by atoms with Crippen LogP contribution in [0.2, 0.25) is 0 Å². The summed E-state index contributed by atoms with van der Waals surface area (Å²) in [6, 6.07) is 14.9. The lowest BCUT2D eigenvalue weighted by atomic mass is 9.87. The molecule has 3 aromatic carbocycles. The third-order valence-corrected chi connectivity index (χ3v) is 7.23. The van der Waals surface area contributed by atoms with Gasteiger partial charge in [0.2, 0.25) is 0 Å². The van der Waals surface area contributed by atoms with Crippen LogP contribution in [-0.4, -0.2) is 41.4 Å². The summed E-state index contributed by atoms with van der Waals surface area (Å²) in [6.45, 7) is 4.67. The maximum absolute atomic E-state index is 13.5. The second-order valence-electron chi connectivity index (χ2n) is 10.4. The first-order valence-corrected chi connectivity index (χ1v) is 12.8. The Morgan fingerprint density at radius 1 is 0.875 bits per heavy atom. The number of carbonyl (C=O) groups is 1. The largest absolute Gasteiger partial charge is 0.416 e. The molecule has 0 radical (unpaired) electrons. The van der Waals surface area contributed by atoms with Crippen LogP contribution in [0, 0.1) is 11.7 Å². The number of carbonyl (C=O) groups excluding carboxylic acids is 1. The minimum Gasteiger partial charge on any atom is -0.336 e. The number of nitrogens with zero attached hydrogens (tertiary/aromatic N) is 2. The van der Waals surface area contributed by atoms with Crippen molar-refractivity contribution >= 4 is 5.91 Å². The van der Waals surface area contributed by atoms with Gasteiger partial charge in [-0.1, -0.05) is 36.4 Å². The van der Waals surface area contributed by atoms with Crippen molar-refractivity contribution in [2.24, 2.45) is 5.92 Å². The monoisotopic (exact) mass is 566 g/mol. The van der Waals surface area contributed by atoms with Gasteiger partial charge in [-0.2, -0.15) is 26.3 Å². The third-order valence-electron chi connectivity index (χ3n) is 7.23. The van der Waals surface area contributed by atoms with Crippen molar-refractivity contribution < 1.29 is 35.5 Å². The normalized spacial score (nSPS) is 18.4. The van der Waals surface area contributed by atoms with Crippen molar-refractivity contribution in [2.45, 2.75) is 44.7 Å². The van der Waals surface area contributed by atoms with E-state index in [1.807, 2.05) is 18.7 Å². The van der Waals surface area contributed by atoms with Crippen molar-refractivity contribution in [1.29, 1.82) is 0 Å². The van der Waals surface area contributed by atoms with Crippen molar-refractivity contribution in [2.75, 3.05) is 19.6 Å². The maximum Gasteiger partial charge on any atom is 0.416 e. The molecule has 4 rings (SSSR count). The van der Waals surface area contributed by atoms with E-state index in [9.17, 15) is 35.5 Å². The average molecular weight is 567 g/mol. The zero-order chi connectivity index (χ0) is 29.2. The van der Waals surface area contributed by atoms with E-state index in [0.29, 0.717) is 24.2 Å². The molecular weight excluding hydrogens is 537 g/mol. The molecule has 1 fully saturated rings. The maximum atomic E-state index is 13.5. The topological polar surface area (TPSA) is 23.6 Å². The summed E-state index contributed by atoms with van der Waals surface area (Å²) >= 11 is 0. The average Bonchev–Trinajstić information content (AvgIpc) is 3.28. The first kappa shape index (κ1) is 29.6. The third kappa shape index (κ3) is 7.02. The standard InChI is InChI=1S/C30H29F7N2O/c1-19(2)39(28(40)21-9-11-26(31)12-10-21)17-23-16-38(15-20-5-3-7-24(13-20)29(32,33)34)18-27(23)22-6-4-8-25(14-22)30(35,36)37/h3-14,19,23,27H,15-18H2,1-2H3/t23-,27+/m0/s1. The van der Waals surface area contributed by atoms with E-state index in [1.54, 1.807) is 17.0 Å². The van der Waals surface area contributed by atoms with E-state index >= 15 is 0 Å². The summed E-state index contributed by atoms with van der Waals surface area (Å²) in [5.74, 6) is -1.54. The molecule has 0 N–H and O–H groups in total. The predicted octanol–water partition coefficient (Wildman–Crippen LogP) is 7.63. The second kappa shape index (κ2) is 11.6. The van der Waals surface area contributed by atoms with E-state index in [1.165, 1.54) is 36.4 Å². The zero-order valence-electron chi connectivity index (χ0n) is 21.9. The molecule has 0 bridgehead atoms. The van der Waals surface area contributed by atoms with Gasteiger partial charge in [0.25, 0.3) is 5.91 Å². The quantitative estimate of drug-likeness (QED) is 0.275. The Morgan fingerprint density at radius 2 is 1.48 bits per heavy atom. The fraction of sp³-hybridized carbons (Fsp3) is 0.367. The van der Waals surface area contributed by atoms with E-state index < -0.39 is 35.2 Å². The predicted molar refractivity (Wildman–Crippen MR) is 137 cm³/mol. The highest BCUT2D eigenvalue weighted by Gasteiger charge is 2.38. The van der Waals surface area contributed by atoms with Gasteiger partial charge in [-0.3, -0.25) is 9.69 Å². The van der Waals surface area contributed by atoms with Crippen LogP contribution in [-0.2, 0) is 18.9 Å². The molecule has 0 aliphatic carbocycles. The minimum absolute atomic E-state index is 0.170. The number of alkyl halides is 6. The van der Waals surface area contributed by atoms with Gasteiger partial charge in [-0.05, 0) is 67.3 Å². The molecule has 0 spiro atoms. The summed E-state index contributed by atoms with van der Waals surface area (Å²) in [6.07, 6.45) is -9.03. The molecule has 0 unspecified atom stereocenters. The Bertz CT molecular complexity index is 1320. The molecule has 1 saturated heterocycles. The summed E-state index contributed by atoms with van der Waals surface area (Å²) in [5.41, 5.74) is -0.399. The molecule has 10 heteroatoms. The van der Waals surface area contributed by atoms with Crippen molar-refractivity contribution in [3.05, 3.63) is 106 Å². The minimum atomic E-state index is -4.54. The number of benzene rings is 3. The summed E-state index contributed by atoms with van der Waals surface area (Å²) in [7, 11) is 0. The molecule has 0 saturated carbocycles. The number of halogens is 7. The summed E-state index contributed by atoms with van der Waals surface area (Å²) < 4.78 is 93.7. The van der Waals surface area contributed by atoms with E-state index in [0.717, 1.165) is 24.3 Å². The molecule has 1 heterocycles. The number of rotatable bonds is 7. The summed E-state index contributed by atoms with van der Waals surface area (Å²) in [5, 5.41) is 0. The highest BCUT2D eigenvalue weighted by Crippen LogP contribution is 2.38. The molecule has 40 heavy (non-hydrogen) atoms. The highest BCUT2D eigenvalue weighted by molar-refractivity contribution is 5.94. The number of amides is 1. The van der Waals surface area contributed by atoms with E-state index in [2.05, 4.69) is 0 Å². The smallest absolute Gasteiger partial charge is 0.336 e. The van der Waals surface area contributed by atoms with E-state index in [4.69, 9.17) is 0 Å². The molecule has 3 nitrogen and oxygen atoms in total. The lowest BCUT2D eigenvalue weighted by molar-refractivity contribution is -0.138. The van der Waals surface area contributed by atoms with Crippen LogP contribution in [0.1, 0.15) is 52.4 Å². The summed E-state index contributed by atoms with van der Waals surface area (Å²) in [4.78, 5) is 16.9. The Kier molecular flexibility index (Phi) is 8.58. The SMILES string of the molecule is CC(C)N(C[C@@H]1CN(Cc2cccc(C(F)(F)F)c2)C[C@@H]1c1cccc(C(F)(F)F)c1)C(=O)c1ccc(F)cc1. The van der Waals surface area contributed by atoms with Crippen LogP contribution in [0.3, 0.4) is 0 Å². The van der Waals surface area contributed by atoms with Crippen molar-refractivity contribution in [1.82, 2.24) is 9.80 Å². The first-order valence-electron chi connectivity index (χ1n) is 12.8. The lowest BCUT2D eigenvalue weighted by Crippen LogP contribution is -2.42. The molecule has 0 aromatic heterocycles. The molecular formula is C30H29F7N2O. The van der Waals surface area contributed by atoms with Crippen LogP contribution in [0.25, 0.3) is 0 Å².